The Morgan fingerprint density at radius 2 is 2.12 bits per heavy atom. The molecule has 0 bridgehead atoms. The summed E-state index contributed by atoms with van der Waals surface area (Å²) in [5.74, 6) is 0.579. The molecular formula is C14H17ClN2. The SMILES string of the molecule is Cc1ccc(Cl)cc1N1CCC(CC#N)CC1. The van der Waals surface area contributed by atoms with Gasteiger partial charge in [-0.05, 0) is 43.4 Å². The Kier molecular flexibility index (Phi) is 3.91. The van der Waals surface area contributed by atoms with Crippen molar-refractivity contribution < 1.29 is 0 Å². The molecule has 0 aliphatic carbocycles. The van der Waals surface area contributed by atoms with Crippen LogP contribution in [0.1, 0.15) is 24.8 Å². The quantitative estimate of drug-likeness (QED) is 0.797. The van der Waals surface area contributed by atoms with Crippen LogP contribution in [0.4, 0.5) is 5.69 Å². The third-order valence-electron chi connectivity index (χ3n) is 3.51. The normalized spacial score (nSPS) is 16.9. The van der Waals surface area contributed by atoms with Crippen molar-refractivity contribution in [1.82, 2.24) is 0 Å². The zero-order valence-electron chi connectivity index (χ0n) is 10.1. The zero-order chi connectivity index (χ0) is 12.3. The summed E-state index contributed by atoms with van der Waals surface area (Å²) in [6.45, 7) is 4.19. The third kappa shape index (κ3) is 2.92. The van der Waals surface area contributed by atoms with E-state index in [0.717, 1.165) is 31.0 Å². The van der Waals surface area contributed by atoms with E-state index in [1.165, 1.54) is 11.3 Å². The highest BCUT2D eigenvalue weighted by Gasteiger charge is 2.20. The first-order valence-corrected chi connectivity index (χ1v) is 6.46. The van der Waals surface area contributed by atoms with Crippen LogP contribution < -0.4 is 4.90 Å². The molecule has 1 aliphatic rings. The van der Waals surface area contributed by atoms with Gasteiger partial charge in [0.05, 0.1) is 6.07 Å². The summed E-state index contributed by atoms with van der Waals surface area (Å²) in [5, 5.41) is 9.50. The van der Waals surface area contributed by atoms with Crippen LogP contribution in [0.25, 0.3) is 0 Å². The standard InChI is InChI=1S/C14H17ClN2/c1-11-2-3-13(15)10-14(11)17-8-5-12(4-7-16)6-9-17/h2-3,10,12H,4-6,8-9H2,1H3. The van der Waals surface area contributed by atoms with Gasteiger partial charge in [-0.15, -0.1) is 0 Å². The van der Waals surface area contributed by atoms with Crippen LogP contribution in [0, 0.1) is 24.2 Å². The van der Waals surface area contributed by atoms with Crippen LogP contribution in [0.3, 0.4) is 0 Å². The fourth-order valence-corrected chi connectivity index (χ4v) is 2.60. The number of aryl methyl sites for hydroxylation is 1. The maximum Gasteiger partial charge on any atom is 0.0624 e. The van der Waals surface area contributed by atoms with Crippen molar-refractivity contribution >= 4 is 17.3 Å². The predicted octanol–water partition coefficient (Wildman–Crippen LogP) is 3.78. The van der Waals surface area contributed by atoms with Crippen LogP contribution in [-0.2, 0) is 0 Å². The van der Waals surface area contributed by atoms with Gasteiger partial charge in [0.2, 0.25) is 0 Å². The Bertz CT molecular complexity index is 428. The van der Waals surface area contributed by atoms with E-state index >= 15 is 0 Å². The topological polar surface area (TPSA) is 27.0 Å². The molecule has 0 saturated carbocycles. The molecule has 1 saturated heterocycles. The minimum absolute atomic E-state index is 0.579. The highest BCUT2D eigenvalue weighted by Crippen LogP contribution is 2.29. The molecule has 0 atom stereocenters. The van der Waals surface area contributed by atoms with Gasteiger partial charge in [0.15, 0.2) is 0 Å². The maximum absolute atomic E-state index is 8.70. The lowest BCUT2D eigenvalue weighted by molar-refractivity contribution is 0.412. The van der Waals surface area contributed by atoms with Crippen molar-refractivity contribution in [2.45, 2.75) is 26.2 Å². The number of hydrogen-bond acceptors (Lipinski definition) is 2. The van der Waals surface area contributed by atoms with E-state index < -0.39 is 0 Å². The smallest absolute Gasteiger partial charge is 0.0624 e. The van der Waals surface area contributed by atoms with Gasteiger partial charge in [0.25, 0.3) is 0 Å². The molecule has 90 valence electrons. The number of nitrogens with zero attached hydrogens (tertiary/aromatic N) is 2. The third-order valence-corrected chi connectivity index (χ3v) is 3.74. The number of nitriles is 1. The maximum atomic E-state index is 8.70. The van der Waals surface area contributed by atoms with E-state index in [4.69, 9.17) is 16.9 Å². The second kappa shape index (κ2) is 5.42. The Labute approximate surface area is 108 Å². The molecule has 3 heteroatoms. The number of rotatable bonds is 2. The van der Waals surface area contributed by atoms with Gasteiger partial charge in [0.1, 0.15) is 0 Å². The molecule has 0 aromatic heterocycles. The molecule has 1 aromatic carbocycles. The van der Waals surface area contributed by atoms with Crippen LogP contribution in [0.5, 0.6) is 0 Å². The lowest BCUT2D eigenvalue weighted by Crippen LogP contribution is -2.33. The summed E-state index contributed by atoms with van der Waals surface area (Å²) >= 11 is 6.04. The molecule has 1 aliphatic heterocycles. The molecule has 0 amide bonds. The Morgan fingerprint density at radius 1 is 1.41 bits per heavy atom. The first-order valence-electron chi connectivity index (χ1n) is 6.08. The van der Waals surface area contributed by atoms with Crippen molar-refractivity contribution in [3.63, 3.8) is 0 Å². The van der Waals surface area contributed by atoms with E-state index in [1.807, 2.05) is 12.1 Å². The summed E-state index contributed by atoms with van der Waals surface area (Å²) in [4.78, 5) is 2.38. The number of benzene rings is 1. The number of hydrogen-bond donors (Lipinski definition) is 0. The van der Waals surface area contributed by atoms with Crippen LogP contribution >= 0.6 is 11.6 Å². The first-order chi connectivity index (χ1) is 8.20. The number of anilines is 1. The fraction of sp³-hybridized carbons (Fsp3) is 0.500. The summed E-state index contributed by atoms with van der Waals surface area (Å²) in [6.07, 6.45) is 2.92. The molecule has 0 radical (unpaired) electrons. The van der Waals surface area contributed by atoms with Gasteiger partial charge in [-0.3, -0.25) is 0 Å². The lowest BCUT2D eigenvalue weighted by Gasteiger charge is -2.33. The van der Waals surface area contributed by atoms with E-state index in [2.05, 4.69) is 24.0 Å². The van der Waals surface area contributed by atoms with Crippen LogP contribution in [0.15, 0.2) is 18.2 Å². The number of piperidine rings is 1. The minimum atomic E-state index is 0.579. The Balaban J connectivity index is 2.05. The molecule has 1 heterocycles. The van der Waals surface area contributed by atoms with Gasteiger partial charge >= 0.3 is 0 Å². The zero-order valence-corrected chi connectivity index (χ0v) is 10.9. The van der Waals surface area contributed by atoms with E-state index in [-0.39, 0.29) is 0 Å². The average Bonchev–Trinajstić information content (AvgIpc) is 2.34. The summed E-state index contributed by atoms with van der Waals surface area (Å²) in [6, 6.07) is 8.32. The molecule has 2 nitrogen and oxygen atoms in total. The second-order valence-corrected chi connectivity index (χ2v) is 5.16. The second-order valence-electron chi connectivity index (χ2n) is 4.72. The summed E-state index contributed by atoms with van der Waals surface area (Å²) < 4.78 is 0. The average molecular weight is 249 g/mol. The molecular weight excluding hydrogens is 232 g/mol. The van der Waals surface area contributed by atoms with E-state index in [0.29, 0.717) is 12.3 Å². The fourth-order valence-electron chi connectivity index (χ4n) is 2.43. The Morgan fingerprint density at radius 3 is 2.76 bits per heavy atom. The van der Waals surface area contributed by atoms with Crippen LogP contribution in [0.2, 0.25) is 5.02 Å². The molecule has 0 spiro atoms. The highest BCUT2D eigenvalue weighted by molar-refractivity contribution is 6.30. The highest BCUT2D eigenvalue weighted by atomic mass is 35.5. The minimum Gasteiger partial charge on any atom is -0.371 e. The van der Waals surface area contributed by atoms with Gasteiger partial charge in [-0.25, -0.2) is 0 Å². The van der Waals surface area contributed by atoms with Crippen molar-refractivity contribution in [1.29, 1.82) is 5.26 Å². The molecule has 0 unspecified atom stereocenters. The first kappa shape index (κ1) is 12.3. The summed E-state index contributed by atoms with van der Waals surface area (Å²) in [5.41, 5.74) is 2.51. The molecule has 1 fully saturated rings. The number of halogens is 1. The van der Waals surface area contributed by atoms with Crippen molar-refractivity contribution in [3.05, 3.63) is 28.8 Å². The van der Waals surface area contributed by atoms with E-state index in [1.54, 1.807) is 0 Å². The van der Waals surface area contributed by atoms with Crippen molar-refractivity contribution in [3.8, 4) is 6.07 Å². The lowest BCUT2D eigenvalue weighted by atomic mass is 9.93. The summed E-state index contributed by atoms with van der Waals surface area (Å²) in [7, 11) is 0. The molecule has 17 heavy (non-hydrogen) atoms. The molecule has 2 rings (SSSR count). The van der Waals surface area contributed by atoms with Gasteiger partial charge in [-0.2, -0.15) is 5.26 Å². The predicted molar refractivity (Wildman–Crippen MR) is 71.4 cm³/mol. The molecule has 0 N–H and O–H groups in total. The monoisotopic (exact) mass is 248 g/mol. The van der Waals surface area contributed by atoms with Crippen molar-refractivity contribution in [2.24, 2.45) is 5.92 Å². The van der Waals surface area contributed by atoms with Crippen LogP contribution in [-0.4, -0.2) is 13.1 Å². The largest absolute Gasteiger partial charge is 0.371 e. The Hall–Kier alpha value is -1.20. The van der Waals surface area contributed by atoms with Gasteiger partial charge < -0.3 is 4.90 Å². The molecule has 1 aromatic rings. The van der Waals surface area contributed by atoms with Crippen molar-refractivity contribution in [2.75, 3.05) is 18.0 Å². The van der Waals surface area contributed by atoms with Gasteiger partial charge in [0, 0.05) is 30.2 Å². The van der Waals surface area contributed by atoms with E-state index in [9.17, 15) is 0 Å². The van der Waals surface area contributed by atoms with Gasteiger partial charge in [-0.1, -0.05) is 17.7 Å².